The quantitative estimate of drug-likeness (QED) is 0.805. The highest BCUT2D eigenvalue weighted by Crippen LogP contribution is 2.16. The molecule has 5 heteroatoms. The van der Waals surface area contributed by atoms with Crippen LogP contribution < -0.4 is 15.8 Å². The number of hydrogen-bond donors (Lipinski definition) is 2. The Hall–Kier alpha value is -1.62. The van der Waals surface area contributed by atoms with Crippen LogP contribution in [0.15, 0.2) is 24.3 Å². The summed E-state index contributed by atoms with van der Waals surface area (Å²) in [6, 6.07) is 6.12. The Balaban J connectivity index is 2.43. The third-order valence-corrected chi connectivity index (χ3v) is 3.55. The average molecular weight is 282 g/mol. The van der Waals surface area contributed by atoms with Gasteiger partial charge in [0.2, 0.25) is 5.91 Å². The van der Waals surface area contributed by atoms with Gasteiger partial charge in [0.05, 0.1) is 18.6 Å². The van der Waals surface area contributed by atoms with Gasteiger partial charge < -0.3 is 15.8 Å². The second-order valence-corrected chi connectivity index (χ2v) is 5.35. The summed E-state index contributed by atoms with van der Waals surface area (Å²) < 4.78 is 18.6. The Bertz CT molecular complexity index is 451. The number of halogens is 1. The van der Waals surface area contributed by atoms with E-state index in [4.69, 9.17) is 10.5 Å². The van der Waals surface area contributed by atoms with E-state index in [-0.39, 0.29) is 30.6 Å². The number of benzene rings is 1. The van der Waals surface area contributed by atoms with Gasteiger partial charge in [-0.3, -0.25) is 4.79 Å². The van der Waals surface area contributed by atoms with Crippen molar-refractivity contribution in [1.29, 1.82) is 0 Å². The molecule has 112 valence electrons. The Kier molecular flexibility index (Phi) is 5.95. The molecule has 4 nitrogen and oxygen atoms in total. The highest BCUT2D eigenvalue weighted by Gasteiger charge is 2.28. The Morgan fingerprint density at radius 1 is 1.45 bits per heavy atom. The number of carbonyl (C=O) groups is 1. The van der Waals surface area contributed by atoms with Crippen molar-refractivity contribution in [3.63, 3.8) is 0 Å². The molecule has 0 saturated heterocycles. The molecule has 0 aliphatic rings. The van der Waals surface area contributed by atoms with E-state index in [1.165, 1.54) is 12.1 Å². The van der Waals surface area contributed by atoms with Crippen molar-refractivity contribution in [2.75, 3.05) is 13.2 Å². The zero-order valence-electron chi connectivity index (χ0n) is 12.3. The van der Waals surface area contributed by atoms with Gasteiger partial charge in [-0.15, -0.1) is 0 Å². The third-order valence-electron chi connectivity index (χ3n) is 3.55. The number of rotatable bonds is 7. The molecule has 0 radical (unpaired) electrons. The van der Waals surface area contributed by atoms with Gasteiger partial charge in [-0.2, -0.15) is 0 Å². The van der Waals surface area contributed by atoms with E-state index in [0.717, 1.165) is 0 Å². The van der Waals surface area contributed by atoms with Crippen molar-refractivity contribution in [3.05, 3.63) is 30.1 Å². The molecule has 0 aliphatic carbocycles. The Morgan fingerprint density at radius 2 is 2.10 bits per heavy atom. The molecule has 0 aliphatic heterocycles. The standard InChI is InChI=1S/C15H23FN2O2/c1-11(2)15(3,10-17)18-14(19)8-9-20-13-7-5-4-6-12(13)16/h4-7,11H,8-10,17H2,1-3H3,(H,18,19). The molecule has 0 aromatic heterocycles. The molecule has 1 aromatic carbocycles. The third kappa shape index (κ3) is 4.49. The Labute approximate surface area is 119 Å². The van der Waals surface area contributed by atoms with E-state index in [2.05, 4.69) is 5.32 Å². The van der Waals surface area contributed by atoms with Crippen LogP contribution >= 0.6 is 0 Å². The maximum Gasteiger partial charge on any atom is 0.223 e. The molecular formula is C15H23FN2O2. The molecule has 0 bridgehead atoms. The van der Waals surface area contributed by atoms with Crippen LogP contribution in [0.3, 0.4) is 0 Å². The number of ether oxygens (including phenoxy) is 1. The molecule has 1 amide bonds. The second-order valence-electron chi connectivity index (χ2n) is 5.35. The van der Waals surface area contributed by atoms with E-state index in [1.54, 1.807) is 12.1 Å². The second kappa shape index (κ2) is 7.24. The first-order valence-corrected chi connectivity index (χ1v) is 6.77. The fourth-order valence-electron chi connectivity index (χ4n) is 1.63. The van der Waals surface area contributed by atoms with E-state index < -0.39 is 11.4 Å². The molecule has 0 heterocycles. The molecule has 1 aromatic rings. The summed E-state index contributed by atoms with van der Waals surface area (Å²) in [4.78, 5) is 11.9. The summed E-state index contributed by atoms with van der Waals surface area (Å²) in [5.41, 5.74) is 5.26. The van der Waals surface area contributed by atoms with Crippen LogP contribution in [-0.4, -0.2) is 24.6 Å². The number of nitrogens with two attached hydrogens (primary N) is 1. The van der Waals surface area contributed by atoms with Gasteiger partial charge in [-0.25, -0.2) is 4.39 Å². The van der Waals surface area contributed by atoms with Crippen molar-refractivity contribution in [3.8, 4) is 5.75 Å². The minimum Gasteiger partial charge on any atom is -0.490 e. The predicted octanol–water partition coefficient (Wildman–Crippen LogP) is 2.08. The first kappa shape index (κ1) is 16.4. The van der Waals surface area contributed by atoms with Crippen molar-refractivity contribution in [2.45, 2.75) is 32.7 Å². The molecule has 0 spiro atoms. The van der Waals surface area contributed by atoms with Crippen LogP contribution in [0.1, 0.15) is 27.2 Å². The number of hydrogen-bond acceptors (Lipinski definition) is 3. The molecule has 20 heavy (non-hydrogen) atoms. The highest BCUT2D eigenvalue weighted by atomic mass is 19.1. The van der Waals surface area contributed by atoms with Crippen LogP contribution in [0.2, 0.25) is 0 Å². The number of carbonyl (C=O) groups excluding carboxylic acids is 1. The van der Waals surface area contributed by atoms with Crippen molar-refractivity contribution < 1.29 is 13.9 Å². The van der Waals surface area contributed by atoms with Gasteiger partial charge in [-0.05, 0) is 25.0 Å². The van der Waals surface area contributed by atoms with Gasteiger partial charge in [-0.1, -0.05) is 26.0 Å². The lowest BCUT2D eigenvalue weighted by Gasteiger charge is -2.33. The van der Waals surface area contributed by atoms with E-state index in [1.807, 2.05) is 20.8 Å². The molecule has 1 rings (SSSR count). The van der Waals surface area contributed by atoms with Gasteiger partial charge in [0.1, 0.15) is 0 Å². The first-order chi connectivity index (χ1) is 9.39. The number of amides is 1. The van der Waals surface area contributed by atoms with E-state index in [0.29, 0.717) is 6.54 Å². The Morgan fingerprint density at radius 3 is 2.65 bits per heavy atom. The number of nitrogens with one attached hydrogen (secondary N) is 1. The summed E-state index contributed by atoms with van der Waals surface area (Å²) in [7, 11) is 0. The lowest BCUT2D eigenvalue weighted by atomic mass is 9.88. The zero-order valence-corrected chi connectivity index (χ0v) is 12.3. The summed E-state index contributed by atoms with van der Waals surface area (Å²) in [6.45, 7) is 6.41. The summed E-state index contributed by atoms with van der Waals surface area (Å²) in [6.07, 6.45) is 0.163. The van der Waals surface area contributed by atoms with Gasteiger partial charge in [0, 0.05) is 6.54 Å². The van der Waals surface area contributed by atoms with Gasteiger partial charge in [0.15, 0.2) is 11.6 Å². The molecule has 0 fully saturated rings. The fourth-order valence-corrected chi connectivity index (χ4v) is 1.63. The summed E-state index contributed by atoms with van der Waals surface area (Å²) in [5, 5.41) is 2.91. The van der Waals surface area contributed by atoms with Crippen molar-refractivity contribution in [1.82, 2.24) is 5.32 Å². The smallest absolute Gasteiger partial charge is 0.223 e. The number of para-hydroxylation sites is 1. The average Bonchev–Trinajstić information content (AvgIpc) is 2.40. The van der Waals surface area contributed by atoms with Crippen LogP contribution in [0, 0.1) is 11.7 Å². The van der Waals surface area contributed by atoms with Gasteiger partial charge >= 0.3 is 0 Å². The van der Waals surface area contributed by atoms with Crippen LogP contribution in [-0.2, 0) is 4.79 Å². The molecular weight excluding hydrogens is 259 g/mol. The molecule has 1 atom stereocenters. The lowest BCUT2D eigenvalue weighted by Crippen LogP contribution is -2.55. The van der Waals surface area contributed by atoms with Crippen LogP contribution in [0.25, 0.3) is 0 Å². The first-order valence-electron chi connectivity index (χ1n) is 6.77. The molecule has 0 saturated carbocycles. The van der Waals surface area contributed by atoms with Crippen LogP contribution in [0.4, 0.5) is 4.39 Å². The minimum absolute atomic E-state index is 0.130. The topological polar surface area (TPSA) is 64.3 Å². The molecule has 3 N–H and O–H groups in total. The predicted molar refractivity (Wildman–Crippen MR) is 77.0 cm³/mol. The largest absolute Gasteiger partial charge is 0.490 e. The fraction of sp³-hybridized carbons (Fsp3) is 0.533. The normalized spacial score (nSPS) is 13.9. The van der Waals surface area contributed by atoms with Crippen molar-refractivity contribution in [2.24, 2.45) is 11.7 Å². The van der Waals surface area contributed by atoms with E-state index in [9.17, 15) is 9.18 Å². The van der Waals surface area contributed by atoms with Gasteiger partial charge in [0.25, 0.3) is 0 Å². The maximum atomic E-state index is 13.3. The zero-order chi connectivity index (χ0) is 15.2. The lowest BCUT2D eigenvalue weighted by molar-refractivity contribution is -0.123. The summed E-state index contributed by atoms with van der Waals surface area (Å²) >= 11 is 0. The van der Waals surface area contributed by atoms with Crippen molar-refractivity contribution >= 4 is 5.91 Å². The SMILES string of the molecule is CC(C)C(C)(CN)NC(=O)CCOc1ccccc1F. The maximum absolute atomic E-state index is 13.3. The van der Waals surface area contributed by atoms with E-state index >= 15 is 0 Å². The minimum atomic E-state index is -0.435. The highest BCUT2D eigenvalue weighted by molar-refractivity contribution is 5.77. The summed E-state index contributed by atoms with van der Waals surface area (Å²) in [5.74, 6) is -0.195. The van der Waals surface area contributed by atoms with Crippen LogP contribution in [0.5, 0.6) is 5.75 Å². The molecule has 1 unspecified atom stereocenters. The monoisotopic (exact) mass is 282 g/mol.